The average molecular weight is 544 g/mol. The van der Waals surface area contributed by atoms with Crippen molar-refractivity contribution < 1.29 is 4.74 Å². The van der Waals surface area contributed by atoms with Gasteiger partial charge in [0.25, 0.3) is 0 Å². The molecular weight excluding hydrogens is 501 g/mol. The number of benzene rings is 1. The standard InChI is InChI=1S/C24H41N5O.HI/c1-4-25-24(26-16-21(3)29-12-14-30-15-13-29)27-17-22-9-5-6-10-23(22)19-28-11-7-8-20(2)18-28;/h5-6,9-10,20-21H,4,7-8,11-19H2,1-3H3,(H2,25,26,27);1H. The van der Waals surface area contributed by atoms with Crippen LogP contribution in [-0.4, -0.2) is 74.3 Å². The number of rotatable bonds is 8. The fourth-order valence-electron chi connectivity index (χ4n) is 4.43. The number of morpholine rings is 1. The van der Waals surface area contributed by atoms with Crippen LogP contribution in [0.5, 0.6) is 0 Å². The first-order chi connectivity index (χ1) is 14.7. The Morgan fingerprint density at radius 2 is 1.90 bits per heavy atom. The highest BCUT2D eigenvalue weighted by molar-refractivity contribution is 14.0. The lowest BCUT2D eigenvalue weighted by atomic mass is 9.99. The Morgan fingerprint density at radius 1 is 1.16 bits per heavy atom. The fraction of sp³-hybridized carbons (Fsp3) is 0.708. The number of nitrogens with zero attached hydrogens (tertiary/aromatic N) is 3. The van der Waals surface area contributed by atoms with Crippen molar-refractivity contribution in [1.29, 1.82) is 0 Å². The van der Waals surface area contributed by atoms with Gasteiger partial charge in [-0.2, -0.15) is 0 Å². The van der Waals surface area contributed by atoms with Crippen molar-refractivity contribution in [2.45, 2.75) is 52.7 Å². The maximum absolute atomic E-state index is 5.47. The third kappa shape index (κ3) is 8.86. The molecule has 1 aromatic rings. The van der Waals surface area contributed by atoms with Gasteiger partial charge in [0.2, 0.25) is 0 Å². The summed E-state index contributed by atoms with van der Waals surface area (Å²) in [5.41, 5.74) is 2.74. The largest absolute Gasteiger partial charge is 0.379 e. The average Bonchev–Trinajstić information content (AvgIpc) is 2.77. The van der Waals surface area contributed by atoms with Crippen LogP contribution in [0.3, 0.4) is 0 Å². The molecule has 2 aliphatic heterocycles. The first kappa shape index (κ1) is 26.4. The number of aliphatic imine (C=N–C) groups is 1. The van der Waals surface area contributed by atoms with Gasteiger partial charge in [-0.15, -0.1) is 24.0 Å². The summed E-state index contributed by atoms with van der Waals surface area (Å²) in [5.74, 6) is 1.71. The molecule has 176 valence electrons. The van der Waals surface area contributed by atoms with E-state index in [1.807, 2.05) is 0 Å². The number of piperidine rings is 1. The SMILES string of the molecule is CCNC(=NCc1ccccc1CN1CCCC(C)C1)NCC(C)N1CCOCC1.I. The van der Waals surface area contributed by atoms with E-state index in [9.17, 15) is 0 Å². The highest BCUT2D eigenvalue weighted by Gasteiger charge is 2.18. The Balaban J connectivity index is 0.00000341. The summed E-state index contributed by atoms with van der Waals surface area (Å²) in [7, 11) is 0. The third-order valence-electron chi connectivity index (χ3n) is 6.24. The third-order valence-corrected chi connectivity index (χ3v) is 6.24. The molecule has 0 radical (unpaired) electrons. The predicted molar refractivity (Wildman–Crippen MR) is 140 cm³/mol. The maximum Gasteiger partial charge on any atom is 0.191 e. The Bertz CT molecular complexity index is 665. The van der Waals surface area contributed by atoms with E-state index in [0.29, 0.717) is 12.6 Å². The van der Waals surface area contributed by atoms with Crippen LogP contribution in [0, 0.1) is 5.92 Å². The molecule has 31 heavy (non-hydrogen) atoms. The van der Waals surface area contributed by atoms with Gasteiger partial charge in [0, 0.05) is 45.3 Å². The van der Waals surface area contributed by atoms with Crippen LogP contribution in [0.2, 0.25) is 0 Å². The predicted octanol–water partition coefficient (Wildman–Crippen LogP) is 3.31. The quantitative estimate of drug-likeness (QED) is 0.300. The molecule has 3 rings (SSSR count). The maximum atomic E-state index is 5.47. The molecule has 1 aromatic carbocycles. The van der Waals surface area contributed by atoms with Crippen LogP contribution in [0.15, 0.2) is 29.3 Å². The first-order valence-electron chi connectivity index (χ1n) is 11.8. The van der Waals surface area contributed by atoms with Crippen molar-refractivity contribution in [3.8, 4) is 0 Å². The second-order valence-electron chi connectivity index (χ2n) is 8.82. The summed E-state index contributed by atoms with van der Waals surface area (Å²) in [4.78, 5) is 9.98. The lowest BCUT2D eigenvalue weighted by molar-refractivity contribution is 0.0211. The summed E-state index contributed by atoms with van der Waals surface area (Å²) in [5, 5.41) is 6.94. The minimum absolute atomic E-state index is 0. The molecule has 6 nitrogen and oxygen atoms in total. The molecule has 0 spiro atoms. The molecule has 2 heterocycles. The van der Waals surface area contributed by atoms with Crippen LogP contribution >= 0.6 is 24.0 Å². The Labute approximate surface area is 206 Å². The van der Waals surface area contributed by atoms with Gasteiger partial charge in [-0.1, -0.05) is 31.2 Å². The fourth-order valence-corrected chi connectivity index (χ4v) is 4.43. The van der Waals surface area contributed by atoms with E-state index >= 15 is 0 Å². The van der Waals surface area contributed by atoms with E-state index in [1.165, 1.54) is 37.1 Å². The number of hydrogen-bond donors (Lipinski definition) is 2. The number of ether oxygens (including phenoxy) is 1. The minimum Gasteiger partial charge on any atom is -0.379 e. The summed E-state index contributed by atoms with van der Waals surface area (Å²) in [6.07, 6.45) is 2.68. The van der Waals surface area contributed by atoms with Gasteiger partial charge in [0.15, 0.2) is 5.96 Å². The van der Waals surface area contributed by atoms with Crippen LogP contribution in [0.4, 0.5) is 0 Å². The molecule has 0 saturated carbocycles. The van der Waals surface area contributed by atoms with E-state index in [-0.39, 0.29) is 24.0 Å². The van der Waals surface area contributed by atoms with Gasteiger partial charge < -0.3 is 15.4 Å². The second kappa shape index (κ2) is 14.3. The normalized spacial score (nSPS) is 21.9. The Morgan fingerprint density at radius 3 is 2.61 bits per heavy atom. The molecule has 0 bridgehead atoms. The molecule has 2 unspecified atom stereocenters. The summed E-state index contributed by atoms with van der Waals surface area (Å²) < 4.78 is 5.47. The van der Waals surface area contributed by atoms with E-state index in [4.69, 9.17) is 9.73 Å². The zero-order valence-electron chi connectivity index (χ0n) is 19.6. The van der Waals surface area contributed by atoms with E-state index < -0.39 is 0 Å². The lowest BCUT2D eigenvalue weighted by Gasteiger charge is -2.32. The number of guanidine groups is 1. The van der Waals surface area contributed by atoms with Crippen LogP contribution in [-0.2, 0) is 17.8 Å². The molecule has 0 amide bonds. The number of nitrogens with one attached hydrogen (secondary N) is 2. The van der Waals surface area contributed by atoms with E-state index in [2.05, 4.69) is 65.5 Å². The molecule has 2 N–H and O–H groups in total. The number of hydrogen-bond acceptors (Lipinski definition) is 4. The highest BCUT2D eigenvalue weighted by atomic mass is 127. The monoisotopic (exact) mass is 543 g/mol. The van der Waals surface area contributed by atoms with Crippen LogP contribution in [0.25, 0.3) is 0 Å². The van der Waals surface area contributed by atoms with Crippen molar-refractivity contribution in [2.24, 2.45) is 10.9 Å². The van der Waals surface area contributed by atoms with Gasteiger partial charge in [0.1, 0.15) is 0 Å². The Hall–Kier alpha value is -0.900. The molecule has 0 aliphatic carbocycles. The first-order valence-corrected chi connectivity index (χ1v) is 11.8. The molecule has 0 aromatic heterocycles. The van der Waals surface area contributed by atoms with Crippen molar-refractivity contribution in [2.75, 3.05) is 52.5 Å². The zero-order chi connectivity index (χ0) is 21.2. The van der Waals surface area contributed by atoms with Gasteiger partial charge >= 0.3 is 0 Å². The van der Waals surface area contributed by atoms with Gasteiger partial charge in [-0.25, -0.2) is 4.99 Å². The summed E-state index contributed by atoms with van der Waals surface area (Å²) >= 11 is 0. The van der Waals surface area contributed by atoms with Gasteiger partial charge in [0.05, 0.1) is 19.8 Å². The number of halogens is 1. The van der Waals surface area contributed by atoms with Gasteiger partial charge in [-0.3, -0.25) is 9.80 Å². The van der Waals surface area contributed by atoms with E-state index in [1.54, 1.807) is 0 Å². The van der Waals surface area contributed by atoms with Gasteiger partial charge in [-0.05, 0) is 50.3 Å². The molecule has 2 saturated heterocycles. The van der Waals surface area contributed by atoms with Crippen LogP contribution in [0.1, 0.15) is 44.7 Å². The number of likely N-dealkylation sites (tertiary alicyclic amines) is 1. The lowest BCUT2D eigenvalue weighted by Crippen LogP contribution is -2.49. The summed E-state index contributed by atoms with van der Waals surface area (Å²) in [6.45, 7) is 16.4. The molecule has 2 fully saturated rings. The van der Waals surface area contributed by atoms with Crippen molar-refractivity contribution in [3.63, 3.8) is 0 Å². The Kier molecular flexibility index (Phi) is 12.1. The highest BCUT2D eigenvalue weighted by Crippen LogP contribution is 2.20. The van der Waals surface area contributed by atoms with Crippen molar-refractivity contribution in [3.05, 3.63) is 35.4 Å². The van der Waals surface area contributed by atoms with E-state index in [0.717, 1.165) is 57.8 Å². The topological polar surface area (TPSA) is 52.1 Å². The van der Waals surface area contributed by atoms with Crippen molar-refractivity contribution >= 4 is 29.9 Å². The molecule has 2 aliphatic rings. The molecule has 7 heteroatoms. The molecular formula is C24H42IN5O. The molecule has 2 atom stereocenters. The minimum atomic E-state index is 0. The summed E-state index contributed by atoms with van der Waals surface area (Å²) in [6, 6.07) is 9.25. The van der Waals surface area contributed by atoms with Crippen LogP contribution < -0.4 is 10.6 Å². The zero-order valence-corrected chi connectivity index (χ0v) is 21.9. The second-order valence-corrected chi connectivity index (χ2v) is 8.82. The smallest absolute Gasteiger partial charge is 0.191 e. The van der Waals surface area contributed by atoms with Crippen molar-refractivity contribution in [1.82, 2.24) is 20.4 Å².